The average molecular weight is 402 g/mol. The summed E-state index contributed by atoms with van der Waals surface area (Å²) in [5.41, 5.74) is 6.65. The van der Waals surface area contributed by atoms with E-state index < -0.39 is 0 Å². The van der Waals surface area contributed by atoms with Gasteiger partial charge in [0.1, 0.15) is 17.0 Å². The van der Waals surface area contributed by atoms with Crippen LogP contribution in [0.25, 0.3) is 10.2 Å². The lowest BCUT2D eigenvalue weighted by molar-refractivity contribution is -0.139. The number of hydrogen-bond donors (Lipinski definition) is 1. The smallest absolute Gasteiger partial charge is 0.225 e. The van der Waals surface area contributed by atoms with Crippen LogP contribution >= 0.6 is 11.3 Å². The van der Waals surface area contributed by atoms with Gasteiger partial charge in [0.15, 0.2) is 0 Å². The molecule has 2 saturated heterocycles. The van der Waals surface area contributed by atoms with Crippen LogP contribution in [-0.4, -0.2) is 52.9 Å². The first kappa shape index (κ1) is 19.1. The molecular weight excluding hydrogens is 374 g/mol. The van der Waals surface area contributed by atoms with Gasteiger partial charge in [0, 0.05) is 42.9 Å². The van der Waals surface area contributed by atoms with Gasteiger partial charge in [-0.3, -0.25) is 9.59 Å². The van der Waals surface area contributed by atoms with Crippen LogP contribution in [0.2, 0.25) is 0 Å². The van der Waals surface area contributed by atoms with Crippen molar-refractivity contribution in [2.45, 2.75) is 39.5 Å². The Kier molecular flexibility index (Phi) is 5.23. The van der Waals surface area contributed by atoms with Crippen LogP contribution < -0.4 is 10.6 Å². The zero-order valence-corrected chi connectivity index (χ0v) is 17.3. The molecule has 2 aromatic heterocycles. The molecule has 4 rings (SSSR count). The van der Waals surface area contributed by atoms with Crippen molar-refractivity contribution in [2.75, 3.05) is 31.1 Å². The summed E-state index contributed by atoms with van der Waals surface area (Å²) in [5, 5.41) is 1.16. The molecule has 2 N–H and O–H groups in total. The van der Waals surface area contributed by atoms with Gasteiger partial charge in [-0.1, -0.05) is 0 Å². The summed E-state index contributed by atoms with van der Waals surface area (Å²) in [4.78, 5) is 39.8. The highest BCUT2D eigenvalue weighted by atomic mass is 32.1. The van der Waals surface area contributed by atoms with Crippen LogP contribution in [0.5, 0.6) is 0 Å². The third-order valence-electron chi connectivity index (χ3n) is 6.30. The highest BCUT2D eigenvalue weighted by molar-refractivity contribution is 7.18. The van der Waals surface area contributed by atoms with E-state index in [1.165, 1.54) is 10.4 Å². The summed E-state index contributed by atoms with van der Waals surface area (Å²) >= 11 is 1.71. The minimum atomic E-state index is -0.240. The zero-order chi connectivity index (χ0) is 19.8. The monoisotopic (exact) mass is 401 g/mol. The van der Waals surface area contributed by atoms with E-state index in [2.05, 4.69) is 28.7 Å². The fraction of sp³-hybridized carbons (Fsp3) is 0.600. The fourth-order valence-electron chi connectivity index (χ4n) is 4.38. The first-order chi connectivity index (χ1) is 13.5. The number of carbonyl (C=O) groups is 2. The zero-order valence-electron chi connectivity index (χ0n) is 16.5. The van der Waals surface area contributed by atoms with E-state index >= 15 is 0 Å². The lowest BCUT2D eigenvalue weighted by Crippen LogP contribution is -2.47. The Morgan fingerprint density at radius 2 is 1.68 bits per heavy atom. The van der Waals surface area contributed by atoms with Gasteiger partial charge in [-0.15, -0.1) is 11.3 Å². The van der Waals surface area contributed by atoms with Gasteiger partial charge >= 0.3 is 0 Å². The highest BCUT2D eigenvalue weighted by Crippen LogP contribution is 2.36. The molecule has 0 atom stereocenters. The molecule has 8 heteroatoms. The Morgan fingerprint density at radius 1 is 1.04 bits per heavy atom. The van der Waals surface area contributed by atoms with Gasteiger partial charge in [-0.2, -0.15) is 0 Å². The molecule has 2 fully saturated rings. The Bertz CT molecular complexity index is 895. The Hall–Kier alpha value is -2.22. The number of thiophene rings is 1. The van der Waals surface area contributed by atoms with E-state index in [1.54, 1.807) is 17.7 Å². The number of hydrogen-bond acceptors (Lipinski definition) is 6. The maximum absolute atomic E-state index is 12.9. The number of nitrogens with zero attached hydrogens (tertiary/aromatic N) is 4. The fourth-order valence-corrected chi connectivity index (χ4v) is 5.38. The van der Waals surface area contributed by atoms with Gasteiger partial charge in [-0.05, 0) is 45.1 Å². The molecule has 0 aliphatic carbocycles. The molecule has 150 valence electrons. The van der Waals surface area contributed by atoms with E-state index in [1.807, 2.05) is 4.90 Å². The Morgan fingerprint density at radius 3 is 2.32 bits per heavy atom. The average Bonchev–Trinajstić information content (AvgIpc) is 3.01. The van der Waals surface area contributed by atoms with Crippen LogP contribution in [0.1, 0.15) is 36.1 Å². The number of likely N-dealkylation sites (tertiary alicyclic amines) is 1. The quantitative estimate of drug-likeness (QED) is 0.852. The van der Waals surface area contributed by atoms with Crippen molar-refractivity contribution in [3.05, 3.63) is 16.8 Å². The topological polar surface area (TPSA) is 92.4 Å². The number of fused-ring (bicyclic) bond motifs is 1. The van der Waals surface area contributed by atoms with E-state index in [-0.39, 0.29) is 23.7 Å². The van der Waals surface area contributed by atoms with Crippen molar-refractivity contribution in [3.63, 3.8) is 0 Å². The molecule has 7 nitrogen and oxygen atoms in total. The molecule has 2 aliphatic heterocycles. The van der Waals surface area contributed by atoms with Crippen LogP contribution in [0.3, 0.4) is 0 Å². The van der Waals surface area contributed by atoms with Crippen molar-refractivity contribution in [3.8, 4) is 0 Å². The maximum Gasteiger partial charge on any atom is 0.225 e. The summed E-state index contributed by atoms with van der Waals surface area (Å²) in [7, 11) is 0. The number of amides is 2. The predicted molar refractivity (Wildman–Crippen MR) is 110 cm³/mol. The van der Waals surface area contributed by atoms with Gasteiger partial charge in [0.25, 0.3) is 0 Å². The molecule has 0 unspecified atom stereocenters. The Labute approximate surface area is 168 Å². The van der Waals surface area contributed by atoms with Crippen molar-refractivity contribution >= 4 is 39.2 Å². The highest BCUT2D eigenvalue weighted by Gasteiger charge is 2.32. The normalized spacial score (nSPS) is 19.4. The number of primary amides is 1. The van der Waals surface area contributed by atoms with Gasteiger partial charge in [-0.25, -0.2) is 9.97 Å². The van der Waals surface area contributed by atoms with Crippen LogP contribution in [0, 0.1) is 25.7 Å². The summed E-state index contributed by atoms with van der Waals surface area (Å²) in [6.45, 7) is 7.20. The number of piperidine rings is 2. The Balaban J connectivity index is 1.40. The molecule has 0 spiro atoms. The lowest BCUT2D eigenvalue weighted by Gasteiger charge is -2.37. The van der Waals surface area contributed by atoms with Crippen LogP contribution in [-0.2, 0) is 9.59 Å². The second-order valence-corrected chi connectivity index (χ2v) is 9.13. The standard InChI is InChI=1S/C20H27N5O2S/c1-12-13(2)28-19-16(12)18(22-11-23-19)24-7-5-15(6-8-24)20(27)25-9-3-14(4-10-25)17(21)26/h11,14-15H,3-10H2,1-2H3,(H2,21,26). The third-order valence-corrected chi connectivity index (χ3v) is 7.41. The molecule has 28 heavy (non-hydrogen) atoms. The molecule has 0 bridgehead atoms. The van der Waals surface area contributed by atoms with Crippen LogP contribution in [0.15, 0.2) is 6.33 Å². The number of carbonyl (C=O) groups excluding carboxylic acids is 2. The lowest BCUT2D eigenvalue weighted by atomic mass is 9.91. The molecule has 2 aliphatic rings. The van der Waals surface area contributed by atoms with Gasteiger partial charge in [0.05, 0.1) is 5.39 Å². The van der Waals surface area contributed by atoms with Gasteiger partial charge < -0.3 is 15.5 Å². The number of nitrogens with two attached hydrogens (primary N) is 1. The maximum atomic E-state index is 12.9. The first-order valence-corrected chi connectivity index (χ1v) is 10.8. The van der Waals surface area contributed by atoms with Crippen molar-refractivity contribution < 1.29 is 9.59 Å². The first-order valence-electron chi connectivity index (χ1n) is 9.99. The number of rotatable bonds is 3. The van der Waals surface area contributed by atoms with Crippen LogP contribution in [0.4, 0.5) is 5.82 Å². The molecular formula is C20H27N5O2S. The minimum Gasteiger partial charge on any atom is -0.369 e. The second-order valence-electron chi connectivity index (χ2n) is 7.92. The number of aromatic nitrogens is 2. The third kappa shape index (κ3) is 3.45. The van der Waals surface area contributed by atoms with E-state index in [0.717, 1.165) is 42.0 Å². The summed E-state index contributed by atoms with van der Waals surface area (Å²) in [5.74, 6) is 0.973. The predicted octanol–water partition coefficient (Wildman–Crippen LogP) is 2.25. The van der Waals surface area contributed by atoms with Gasteiger partial charge in [0.2, 0.25) is 11.8 Å². The summed E-state index contributed by atoms with van der Waals surface area (Å²) in [6, 6.07) is 0. The largest absolute Gasteiger partial charge is 0.369 e. The minimum absolute atomic E-state index is 0.0593. The van der Waals surface area contributed by atoms with E-state index in [0.29, 0.717) is 25.9 Å². The summed E-state index contributed by atoms with van der Waals surface area (Å²) < 4.78 is 0. The SMILES string of the molecule is Cc1sc2ncnc(N3CCC(C(=O)N4CCC(C(N)=O)CC4)CC3)c2c1C. The van der Waals surface area contributed by atoms with E-state index in [4.69, 9.17) is 5.73 Å². The molecule has 2 amide bonds. The van der Waals surface area contributed by atoms with Crippen molar-refractivity contribution in [1.29, 1.82) is 0 Å². The molecule has 0 saturated carbocycles. The molecule has 4 heterocycles. The van der Waals surface area contributed by atoms with Crippen molar-refractivity contribution in [1.82, 2.24) is 14.9 Å². The number of anilines is 1. The van der Waals surface area contributed by atoms with E-state index in [9.17, 15) is 9.59 Å². The molecule has 0 aromatic carbocycles. The van der Waals surface area contributed by atoms with Crippen molar-refractivity contribution in [2.24, 2.45) is 17.6 Å². The molecule has 2 aromatic rings. The second kappa shape index (κ2) is 7.66. The molecule has 0 radical (unpaired) electrons. The summed E-state index contributed by atoms with van der Waals surface area (Å²) in [6.07, 6.45) is 4.70. The number of aryl methyl sites for hydroxylation is 2.